The number of nitrogens with one attached hydrogen (secondary N) is 2. The molecule has 0 radical (unpaired) electrons. The van der Waals surface area contributed by atoms with Gasteiger partial charge in [-0.25, -0.2) is 4.79 Å². The first kappa shape index (κ1) is 14.8. The summed E-state index contributed by atoms with van der Waals surface area (Å²) in [6.45, 7) is 2.70. The lowest BCUT2D eigenvalue weighted by Gasteiger charge is -2.33. The van der Waals surface area contributed by atoms with Crippen LogP contribution in [-0.4, -0.2) is 52.7 Å². The fraction of sp³-hybridized carbons (Fsp3) is 0.867. The number of hydrogen-bond acceptors (Lipinski definition) is 4. The third-order valence-electron chi connectivity index (χ3n) is 4.99. The molecule has 6 heteroatoms. The summed E-state index contributed by atoms with van der Waals surface area (Å²) in [5, 5.41) is 16.1. The van der Waals surface area contributed by atoms with Crippen molar-refractivity contribution in [2.45, 2.75) is 63.1 Å². The zero-order valence-electron chi connectivity index (χ0n) is 12.6. The quantitative estimate of drug-likeness (QED) is 0.649. The van der Waals surface area contributed by atoms with Gasteiger partial charge in [-0.05, 0) is 44.4 Å². The zero-order chi connectivity index (χ0) is 15.0. The van der Waals surface area contributed by atoms with Gasteiger partial charge in [0.25, 0.3) is 5.91 Å². The number of β-amino-alcohol motifs (C(OH)–C–C–N with tert-alkyl or cyclic N) is 1. The van der Waals surface area contributed by atoms with Gasteiger partial charge in [-0.1, -0.05) is 6.92 Å². The molecule has 1 spiro atoms. The van der Waals surface area contributed by atoms with Crippen LogP contribution >= 0.6 is 0 Å². The van der Waals surface area contributed by atoms with Crippen LogP contribution < -0.4 is 10.6 Å². The average Bonchev–Trinajstić information content (AvgIpc) is 3.25. The summed E-state index contributed by atoms with van der Waals surface area (Å²) in [6.07, 6.45) is 4.96. The largest absolute Gasteiger partial charge is 0.390 e. The van der Waals surface area contributed by atoms with Crippen molar-refractivity contribution >= 4 is 11.9 Å². The van der Waals surface area contributed by atoms with E-state index in [4.69, 9.17) is 0 Å². The first-order valence-electron chi connectivity index (χ1n) is 8.06. The highest BCUT2D eigenvalue weighted by molar-refractivity contribution is 6.07. The molecule has 1 unspecified atom stereocenters. The predicted molar refractivity (Wildman–Crippen MR) is 77.6 cm³/mol. The number of urea groups is 1. The molecule has 3 rings (SSSR count). The number of imide groups is 1. The standard InChI is InChI=1S/C15H25N3O3/c1-10-4-6-15(7-5-10)13(20)18(14(21)17-15)9-12(19)8-16-11-2-3-11/h10-12,16,19H,2-9H2,1H3,(H,17,21). The molecule has 1 aliphatic heterocycles. The van der Waals surface area contributed by atoms with Crippen LogP contribution in [-0.2, 0) is 4.79 Å². The lowest BCUT2D eigenvalue weighted by Crippen LogP contribution is -2.50. The van der Waals surface area contributed by atoms with E-state index in [9.17, 15) is 14.7 Å². The van der Waals surface area contributed by atoms with Crippen molar-refractivity contribution in [1.82, 2.24) is 15.5 Å². The Kier molecular flexibility index (Phi) is 3.92. The Morgan fingerprint density at radius 2 is 2.00 bits per heavy atom. The van der Waals surface area contributed by atoms with E-state index in [0.29, 0.717) is 31.3 Å². The van der Waals surface area contributed by atoms with Crippen LogP contribution in [0, 0.1) is 5.92 Å². The first-order chi connectivity index (χ1) is 10.00. The van der Waals surface area contributed by atoms with Crippen molar-refractivity contribution in [3.8, 4) is 0 Å². The van der Waals surface area contributed by atoms with Crippen molar-refractivity contribution < 1.29 is 14.7 Å². The van der Waals surface area contributed by atoms with Gasteiger partial charge in [0.2, 0.25) is 0 Å². The summed E-state index contributed by atoms with van der Waals surface area (Å²) in [5.41, 5.74) is -0.701. The Bertz CT molecular complexity index is 428. The average molecular weight is 295 g/mol. The minimum Gasteiger partial charge on any atom is -0.390 e. The van der Waals surface area contributed by atoms with Gasteiger partial charge >= 0.3 is 6.03 Å². The number of nitrogens with zero attached hydrogens (tertiary/aromatic N) is 1. The van der Waals surface area contributed by atoms with Gasteiger partial charge in [-0.3, -0.25) is 9.69 Å². The lowest BCUT2D eigenvalue weighted by atomic mass is 9.77. The van der Waals surface area contributed by atoms with Crippen molar-refractivity contribution in [3.63, 3.8) is 0 Å². The van der Waals surface area contributed by atoms with Crippen molar-refractivity contribution in [3.05, 3.63) is 0 Å². The molecule has 2 saturated carbocycles. The van der Waals surface area contributed by atoms with E-state index in [-0.39, 0.29) is 18.5 Å². The molecule has 0 aromatic carbocycles. The molecule has 0 bridgehead atoms. The third kappa shape index (κ3) is 3.06. The minimum atomic E-state index is -0.701. The van der Waals surface area contributed by atoms with E-state index in [2.05, 4.69) is 17.6 Å². The Morgan fingerprint density at radius 1 is 1.33 bits per heavy atom. The van der Waals surface area contributed by atoms with Gasteiger partial charge in [0.1, 0.15) is 5.54 Å². The van der Waals surface area contributed by atoms with Gasteiger partial charge in [0.05, 0.1) is 12.6 Å². The Balaban J connectivity index is 1.57. The highest BCUT2D eigenvalue weighted by atomic mass is 16.3. The van der Waals surface area contributed by atoms with E-state index < -0.39 is 11.6 Å². The Labute approximate surface area is 125 Å². The number of aliphatic hydroxyl groups excluding tert-OH is 1. The number of rotatable bonds is 5. The topological polar surface area (TPSA) is 81.7 Å². The van der Waals surface area contributed by atoms with Crippen LogP contribution in [0.5, 0.6) is 0 Å². The summed E-state index contributed by atoms with van der Waals surface area (Å²) in [6, 6.07) is 0.161. The lowest BCUT2D eigenvalue weighted by molar-refractivity contribution is -0.133. The van der Waals surface area contributed by atoms with Crippen molar-refractivity contribution in [2.24, 2.45) is 5.92 Å². The maximum absolute atomic E-state index is 12.6. The maximum Gasteiger partial charge on any atom is 0.325 e. The van der Waals surface area contributed by atoms with E-state index in [1.54, 1.807) is 0 Å². The number of aliphatic hydroxyl groups is 1. The summed E-state index contributed by atoms with van der Waals surface area (Å²) < 4.78 is 0. The summed E-state index contributed by atoms with van der Waals surface area (Å²) >= 11 is 0. The third-order valence-corrected chi connectivity index (χ3v) is 4.99. The molecular weight excluding hydrogens is 270 g/mol. The number of amides is 3. The first-order valence-corrected chi connectivity index (χ1v) is 8.06. The fourth-order valence-corrected chi connectivity index (χ4v) is 3.30. The van der Waals surface area contributed by atoms with E-state index in [1.165, 1.54) is 4.90 Å². The monoisotopic (exact) mass is 295 g/mol. The smallest absolute Gasteiger partial charge is 0.325 e. The summed E-state index contributed by atoms with van der Waals surface area (Å²) in [4.78, 5) is 25.9. The van der Waals surface area contributed by atoms with Crippen molar-refractivity contribution in [1.29, 1.82) is 0 Å². The minimum absolute atomic E-state index is 0.0850. The van der Waals surface area contributed by atoms with Crippen LogP contribution in [0.4, 0.5) is 4.79 Å². The zero-order valence-corrected chi connectivity index (χ0v) is 12.6. The molecule has 21 heavy (non-hydrogen) atoms. The Morgan fingerprint density at radius 3 is 2.62 bits per heavy atom. The molecule has 0 aromatic rings. The molecule has 118 valence electrons. The molecule has 6 nitrogen and oxygen atoms in total. The molecule has 1 atom stereocenters. The summed E-state index contributed by atoms with van der Waals surface area (Å²) in [7, 11) is 0. The normalized spacial score (nSPS) is 34.4. The molecule has 1 saturated heterocycles. The fourth-order valence-electron chi connectivity index (χ4n) is 3.30. The van der Waals surface area contributed by atoms with Gasteiger partial charge in [-0.15, -0.1) is 0 Å². The highest BCUT2D eigenvalue weighted by Gasteiger charge is 2.52. The second-order valence-corrected chi connectivity index (χ2v) is 6.95. The van der Waals surface area contributed by atoms with Crippen LogP contribution in [0.25, 0.3) is 0 Å². The molecule has 3 amide bonds. The van der Waals surface area contributed by atoms with Crippen LogP contribution in [0.2, 0.25) is 0 Å². The molecule has 2 aliphatic carbocycles. The molecule has 3 aliphatic rings. The van der Waals surface area contributed by atoms with Crippen molar-refractivity contribution in [2.75, 3.05) is 13.1 Å². The van der Waals surface area contributed by atoms with Crippen LogP contribution in [0.3, 0.4) is 0 Å². The predicted octanol–water partition coefficient (Wildman–Crippen LogP) is 0.600. The van der Waals surface area contributed by atoms with E-state index >= 15 is 0 Å². The molecule has 1 heterocycles. The SMILES string of the molecule is CC1CCC2(CC1)NC(=O)N(CC(O)CNC1CC1)C2=O. The van der Waals surface area contributed by atoms with Crippen LogP contribution in [0.15, 0.2) is 0 Å². The molecule has 3 fully saturated rings. The number of carbonyl (C=O) groups excluding carboxylic acids is 2. The molecule has 0 aromatic heterocycles. The van der Waals surface area contributed by atoms with Crippen LogP contribution in [0.1, 0.15) is 45.4 Å². The second kappa shape index (κ2) is 5.57. The van der Waals surface area contributed by atoms with Gasteiger partial charge in [-0.2, -0.15) is 0 Å². The van der Waals surface area contributed by atoms with Gasteiger partial charge < -0.3 is 15.7 Å². The summed E-state index contributed by atoms with van der Waals surface area (Å²) in [5.74, 6) is 0.465. The Hall–Kier alpha value is -1.14. The second-order valence-electron chi connectivity index (χ2n) is 6.95. The van der Waals surface area contributed by atoms with Gasteiger partial charge in [0, 0.05) is 12.6 Å². The van der Waals surface area contributed by atoms with E-state index in [1.807, 2.05) is 0 Å². The van der Waals surface area contributed by atoms with E-state index in [0.717, 1.165) is 25.7 Å². The number of carbonyl (C=O) groups is 2. The molecular formula is C15H25N3O3. The van der Waals surface area contributed by atoms with Gasteiger partial charge in [0.15, 0.2) is 0 Å². The maximum atomic E-state index is 12.6. The molecule has 3 N–H and O–H groups in total. The highest BCUT2D eigenvalue weighted by Crippen LogP contribution is 2.36. The number of hydrogen-bond donors (Lipinski definition) is 3.